The molecule has 0 spiro atoms. The third-order valence-electron chi connectivity index (χ3n) is 2.26. The minimum Gasteiger partial charge on any atom is -0.394 e. The van der Waals surface area contributed by atoms with Gasteiger partial charge in [-0.3, -0.25) is 0 Å². The van der Waals surface area contributed by atoms with Gasteiger partial charge in [-0.15, -0.1) is 0 Å². The van der Waals surface area contributed by atoms with Crippen molar-refractivity contribution >= 4 is 5.95 Å². The van der Waals surface area contributed by atoms with Crippen LogP contribution in [0.1, 0.15) is 26.0 Å². The first-order chi connectivity index (χ1) is 8.32. The van der Waals surface area contributed by atoms with Crippen molar-refractivity contribution in [3.05, 3.63) is 18.0 Å². The summed E-state index contributed by atoms with van der Waals surface area (Å²) in [5.74, 6) is 0.185. The highest BCUT2D eigenvalue weighted by Crippen LogP contribution is 2.27. The molecule has 7 heteroatoms. The monoisotopic (exact) mass is 263 g/mol. The molecule has 4 nitrogen and oxygen atoms in total. The lowest BCUT2D eigenvalue weighted by atomic mass is 10.0. The van der Waals surface area contributed by atoms with Gasteiger partial charge in [0.15, 0.2) is 0 Å². The largest absolute Gasteiger partial charge is 0.433 e. The number of aliphatic hydroxyl groups is 1. The fraction of sp³-hybridized carbons (Fsp3) is 0.636. The van der Waals surface area contributed by atoms with Gasteiger partial charge in [0, 0.05) is 6.20 Å². The van der Waals surface area contributed by atoms with E-state index in [2.05, 4.69) is 15.3 Å². The summed E-state index contributed by atoms with van der Waals surface area (Å²) in [6.07, 6.45) is -2.83. The second kappa shape index (κ2) is 5.99. The minimum absolute atomic E-state index is 0.121. The summed E-state index contributed by atoms with van der Waals surface area (Å²) in [6, 6.07) is 0.454. The molecule has 18 heavy (non-hydrogen) atoms. The second-order valence-corrected chi connectivity index (χ2v) is 4.42. The Kier molecular flexibility index (Phi) is 4.89. The first kappa shape index (κ1) is 14.7. The van der Waals surface area contributed by atoms with E-state index in [1.165, 1.54) is 0 Å². The van der Waals surface area contributed by atoms with E-state index >= 15 is 0 Å². The Morgan fingerprint density at radius 3 is 2.56 bits per heavy atom. The summed E-state index contributed by atoms with van der Waals surface area (Å²) in [4.78, 5) is 7.10. The molecule has 1 atom stereocenters. The van der Waals surface area contributed by atoms with Gasteiger partial charge in [-0.05, 0) is 18.4 Å². The lowest BCUT2D eigenvalue weighted by molar-refractivity contribution is -0.141. The van der Waals surface area contributed by atoms with Crippen LogP contribution in [-0.2, 0) is 6.18 Å². The van der Waals surface area contributed by atoms with E-state index in [1.54, 1.807) is 0 Å². The van der Waals surface area contributed by atoms with Crippen molar-refractivity contribution in [1.29, 1.82) is 0 Å². The van der Waals surface area contributed by atoms with Gasteiger partial charge in [-0.25, -0.2) is 9.97 Å². The van der Waals surface area contributed by atoms with Crippen LogP contribution < -0.4 is 5.32 Å². The molecule has 1 rings (SSSR count). The number of alkyl halides is 3. The highest BCUT2D eigenvalue weighted by molar-refractivity contribution is 5.27. The molecule has 0 fully saturated rings. The average Bonchev–Trinajstić information content (AvgIpc) is 2.26. The van der Waals surface area contributed by atoms with Gasteiger partial charge in [0.1, 0.15) is 5.69 Å². The van der Waals surface area contributed by atoms with Crippen LogP contribution in [-0.4, -0.2) is 27.7 Å². The number of nitrogens with one attached hydrogen (secondary N) is 1. The Labute approximate surface area is 103 Å². The maximum absolute atomic E-state index is 12.4. The SMILES string of the molecule is CC(C)C[C@@H](CO)Nc1nccc(C(F)(F)F)n1. The summed E-state index contributed by atoms with van der Waals surface area (Å²) in [5, 5.41) is 11.8. The van der Waals surface area contributed by atoms with Gasteiger partial charge in [-0.2, -0.15) is 13.2 Å². The highest BCUT2D eigenvalue weighted by Gasteiger charge is 2.32. The molecule has 0 unspecified atom stereocenters. The number of nitrogens with zero attached hydrogens (tertiary/aromatic N) is 2. The summed E-state index contributed by atoms with van der Waals surface area (Å²) < 4.78 is 37.3. The van der Waals surface area contributed by atoms with Crippen LogP contribution in [0.15, 0.2) is 12.3 Å². The normalized spacial score (nSPS) is 13.7. The van der Waals surface area contributed by atoms with Crippen LogP contribution in [0.2, 0.25) is 0 Å². The minimum atomic E-state index is -4.49. The zero-order valence-electron chi connectivity index (χ0n) is 10.2. The molecular weight excluding hydrogens is 247 g/mol. The predicted molar refractivity (Wildman–Crippen MR) is 61.0 cm³/mol. The molecule has 0 aliphatic carbocycles. The number of hydrogen-bond acceptors (Lipinski definition) is 4. The van der Waals surface area contributed by atoms with Crippen molar-refractivity contribution in [3.8, 4) is 0 Å². The van der Waals surface area contributed by atoms with E-state index in [-0.39, 0.29) is 18.6 Å². The zero-order valence-corrected chi connectivity index (χ0v) is 10.2. The zero-order chi connectivity index (χ0) is 13.8. The third-order valence-corrected chi connectivity index (χ3v) is 2.26. The number of aliphatic hydroxyl groups excluding tert-OH is 1. The van der Waals surface area contributed by atoms with Crippen molar-refractivity contribution in [3.63, 3.8) is 0 Å². The van der Waals surface area contributed by atoms with Gasteiger partial charge in [0.25, 0.3) is 0 Å². The van der Waals surface area contributed by atoms with E-state index in [9.17, 15) is 13.2 Å². The quantitative estimate of drug-likeness (QED) is 0.856. The Hall–Kier alpha value is -1.37. The molecule has 0 aliphatic heterocycles. The summed E-state index contributed by atoms with van der Waals surface area (Å²) in [7, 11) is 0. The molecule has 1 heterocycles. The molecule has 0 bridgehead atoms. The molecule has 2 N–H and O–H groups in total. The third kappa shape index (κ3) is 4.48. The van der Waals surface area contributed by atoms with Gasteiger partial charge >= 0.3 is 6.18 Å². The number of hydrogen-bond donors (Lipinski definition) is 2. The Morgan fingerprint density at radius 2 is 2.06 bits per heavy atom. The number of rotatable bonds is 5. The van der Waals surface area contributed by atoms with Gasteiger partial charge in [0.2, 0.25) is 5.95 Å². The molecule has 0 saturated heterocycles. The fourth-order valence-corrected chi connectivity index (χ4v) is 1.52. The van der Waals surface area contributed by atoms with Crippen molar-refractivity contribution in [2.45, 2.75) is 32.5 Å². The summed E-state index contributed by atoms with van der Waals surface area (Å²) in [5.41, 5.74) is -0.999. The molecule has 0 aromatic carbocycles. The van der Waals surface area contributed by atoms with Crippen LogP contribution in [0.3, 0.4) is 0 Å². The van der Waals surface area contributed by atoms with Gasteiger partial charge in [-0.1, -0.05) is 13.8 Å². The van der Waals surface area contributed by atoms with Crippen LogP contribution >= 0.6 is 0 Å². The fourth-order valence-electron chi connectivity index (χ4n) is 1.52. The first-order valence-electron chi connectivity index (χ1n) is 5.60. The molecule has 1 aromatic rings. The number of halogens is 3. The van der Waals surface area contributed by atoms with Crippen LogP contribution in [0, 0.1) is 5.92 Å². The standard InChI is InChI=1S/C11H16F3N3O/c1-7(2)5-8(6-18)16-10-15-4-3-9(17-10)11(12,13)14/h3-4,7-8,18H,5-6H2,1-2H3,(H,15,16,17)/t8-/m0/s1. The van der Waals surface area contributed by atoms with Crippen molar-refractivity contribution in [2.24, 2.45) is 5.92 Å². The van der Waals surface area contributed by atoms with E-state index < -0.39 is 11.9 Å². The molecular formula is C11H16F3N3O. The van der Waals surface area contributed by atoms with E-state index in [0.29, 0.717) is 12.3 Å². The topological polar surface area (TPSA) is 58.0 Å². The molecule has 0 aliphatic rings. The van der Waals surface area contributed by atoms with Crippen LogP contribution in [0.4, 0.5) is 19.1 Å². The van der Waals surface area contributed by atoms with Crippen LogP contribution in [0.5, 0.6) is 0 Å². The average molecular weight is 263 g/mol. The number of anilines is 1. The van der Waals surface area contributed by atoms with Crippen LogP contribution in [0.25, 0.3) is 0 Å². The summed E-state index contributed by atoms with van der Waals surface area (Å²) >= 11 is 0. The van der Waals surface area contributed by atoms with E-state index in [1.807, 2.05) is 13.8 Å². The Morgan fingerprint density at radius 1 is 1.39 bits per heavy atom. The lowest BCUT2D eigenvalue weighted by Gasteiger charge is -2.18. The predicted octanol–water partition coefficient (Wildman–Crippen LogP) is 2.31. The van der Waals surface area contributed by atoms with Crippen molar-refractivity contribution in [1.82, 2.24) is 9.97 Å². The van der Waals surface area contributed by atoms with Gasteiger partial charge < -0.3 is 10.4 Å². The maximum Gasteiger partial charge on any atom is 0.433 e. The second-order valence-electron chi connectivity index (χ2n) is 4.42. The molecule has 102 valence electrons. The van der Waals surface area contributed by atoms with Gasteiger partial charge in [0.05, 0.1) is 12.6 Å². The van der Waals surface area contributed by atoms with E-state index in [4.69, 9.17) is 5.11 Å². The Bertz CT molecular complexity index is 382. The summed E-state index contributed by atoms with van der Waals surface area (Å²) in [6.45, 7) is 3.73. The maximum atomic E-state index is 12.4. The molecule has 1 aromatic heterocycles. The van der Waals surface area contributed by atoms with E-state index in [0.717, 1.165) is 12.3 Å². The Balaban J connectivity index is 2.78. The van der Waals surface area contributed by atoms with Crippen molar-refractivity contribution < 1.29 is 18.3 Å². The lowest BCUT2D eigenvalue weighted by Crippen LogP contribution is -2.27. The number of aromatic nitrogens is 2. The van der Waals surface area contributed by atoms with Crippen molar-refractivity contribution in [2.75, 3.05) is 11.9 Å². The molecule has 0 amide bonds. The molecule has 0 radical (unpaired) electrons. The first-order valence-corrected chi connectivity index (χ1v) is 5.60. The highest BCUT2D eigenvalue weighted by atomic mass is 19.4. The smallest absolute Gasteiger partial charge is 0.394 e. The molecule has 0 saturated carbocycles.